The Labute approximate surface area is 137 Å². The summed E-state index contributed by atoms with van der Waals surface area (Å²) >= 11 is 0. The van der Waals surface area contributed by atoms with Crippen molar-refractivity contribution in [2.75, 3.05) is 20.6 Å². The van der Waals surface area contributed by atoms with Gasteiger partial charge in [-0.05, 0) is 39.4 Å². The van der Waals surface area contributed by atoms with E-state index in [1.807, 2.05) is 38.1 Å². The predicted molar refractivity (Wildman–Crippen MR) is 88.6 cm³/mol. The quantitative estimate of drug-likeness (QED) is 0.874. The number of carbonyl (C=O) groups is 1. The zero-order valence-corrected chi connectivity index (χ0v) is 14.6. The van der Waals surface area contributed by atoms with Gasteiger partial charge in [0.25, 0.3) is 0 Å². The van der Waals surface area contributed by atoms with Crippen LogP contribution in [0.4, 0.5) is 0 Å². The third-order valence-electron chi connectivity index (χ3n) is 4.37. The molecular formula is C16H24N2O4S. The van der Waals surface area contributed by atoms with Gasteiger partial charge in [-0.1, -0.05) is 29.8 Å². The van der Waals surface area contributed by atoms with E-state index >= 15 is 0 Å². The van der Waals surface area contributed by atoms with Crippen LogP contribution in [0.2, 0.25) is 0 Å². The molecule has 1 N–H and O–H groups in total. The van der Waals surface area contributed by atoms with Gasteiger partial charge in [-0.2, -0.15) is 4.31 Å². The molecule has 1 aliphatic rings. The monoisotopic (exact) mass is 340 g/mol. The predicted octanol–water partition coefficient (Wildman–Crippen LogP) is 1.30. The van der Waals surface area contributed by atoms with Crippen molar-refractivity contribution in [3.8, 4) is 0 Å². The van der Waals surface area contributed by atoms with E-state index in [9.17, 15) is 18.3 Å². The first-order valence-electron chi connectivity index (χ1n) is 7.65. The lowest BCUT2D eigenvalue weighted by Crippen LogP contribution is -2.54. The number of sulfonamides is 1. The first-order chi connectivity index (χ1) is 10.7. The third kappa shape index (κ3) is 4.31. The number of piperidine rings is 1. The maximum Gasteiger partial charge on any atom is 0.322 e. The van der Waals surface area contributed by atoms with Crippen LogP contribution in [0.25, 0.3) is 0 Å². The van der Waals surface area contributed by atoms with Gasteiger partial charge < -0.3 is 10.0 Å². The molecule has 1 aromatic carbocycles. The van der Waals surface area contributed by atoms with E-state index < -0.39 is 22.0 Å². The molecule has 0 spiro atoms. The van der Waals surface area contributed by atoms with E-state index in [4.69, 9.17) is 0 Å². The van der Waals surface area contributed by atoms with Crippen molar-refractivity contribution in [2.24, 2.45) is 0 Å². The van der Waals surface area contributed by atoms with E-state index in [-0.39, 0.29) is 18.3 Å². The Morgan fingerprint density at radius 3 is 2.43 bits per heavy atom. The minimum Gasteiger partial charge on any atom is -0.480 e. The molecule has 1 aromatic rings. The van der Waals surface area contributed by atoms with Crippen LogP contribution in [0.5, 0.6) is 0 Å². The molecule has 128 valence electrons. The van der Waals surface area contributed by atoms with Crippen LogP contribution < -0.4 is 0 Å². The maximum atomic E-state index is 12.7. The molecule has 23 heavy (non-hydrogen) atoms. The molecule has 7 heteroatoms. The molecule has 0 radical (unpaired) electrons. The van der Waals surface area contributed by atoms with Gasteiger partial charge in [0, 0.05) is 12.6 Å². The van der Waals surface area contributed by atoms with Crippen LogP contribution in [0.1, 0.15) is 24.0 Å². The molecule has 1 aliphatic heterocycles. The zero-order chi connectivity index (χ0) is 17.2. The van der Waals surface area contributed by atoms with Gasteiger partial charge in [-0.15, -0.1) is 0 Å². The Morgan fingerprint density at radius 1 is 1.30 bits per heavy atom. The standard InChI is InChI=1S/C16H24N2O4S/c1-12-4-6-13(7-5-12)11-23(21,22)18-9-8-14(17(2)3)10-15(18)16(19)20/h4-7,14-15H,8-11H2,1-3H3,(H,19,20)/t14-,15-/m0/s1. The summed E-state index contributed by atoms with van der Waals surface area (Å²) in [5, 5.41) is 9.45. The summed E-state index contributed by atoms with van der Waals surface area (Å²) in [6, 6.07) is 6.36. The Morgan fingerprint density at radius 2 is 1.91 bits per heavy atom. The number of nitrogens with zero attached hydrogens (tertiary/aromatic N) is 2. The lowest BCUT2D eigenvalue weighted by molar-refractivity contribution is -0.143. The highest BCUT2D eigenvalue weighted by molar-refractivity contribution is 7.88. The van der Waals surface area contributed by atoms with E-state index in [1.54, 1.807) is 12.1 Å². The van der Waals surface area contributed by atoms with E-state index in [0.29, 0.717) is 18.4 Å². The van der Waals surface area contributed by atoms with Crippen LogP contribution in [0, 0.1) is 6.92 Å². The number of carboxylic acid groups (broad SMARTS) is 1. The fraction of sp³-hybridized carbons (Fsp3) is 0.562. The van der Waals surface area contributed by atoms with Crippen LogP contribution in [-0.4, -0.2) is 61.4 Å². The number of benzene rings is 1. The first-order valence-corrected chi connectivity index (χ1v) is 9.26. The molecule has 0 bridgehead atoms. The summed E-state index contributed by atoms with van der Waals surface area (Å²) < 4.78 is 26.5. The van der Waals surface area contributed by atoms with Crippen LogP contribution in [0.3, 0.4) is 0 Å². The van der Waals surface area contributed by atoms with E-state index in [2.05, 4.69) is 0 Å². The average Bonchev–Trinajstić information content (AvgIpc) is 2.48. The van der Waals surface area contributed by atoms with Crippen molar-refractivity contribution in [2.45, 2.75) is 37.6 Å². The third-order valence-corrected chi connectivity index (χ3v) is 6.22. The topological polar surface area (TPSA) is 77.9 Å². The van der Waals surface area contributed by atoms with Crippen LogP contribution in [0.15, 0.2) is 24.3 Å². The number of hydrogen-bond acceptors (Lipinski definition) is 4. The van der Waals surface area contributed by atoms with Crippen molar-refractivity contribution in [3.05, 3.63) is 35.4 Å². The highest BCUT2D eigenvalue weighted by Crippen LogP contribution is 2.25. The van der Waals surface area contributed by atoms with E-state index in [0.717, 1.165) is 9.87 Å². The number of hydrogen-bond donors (Lipinski definition) is 1. The second-order valence-corrected chi connectivity index (χ2v) is 8.27. The molecule has 0 unspecified atom stereocenters. The summed E-state index contributed by atoms with van der Waals surface area (Å²) in [6.07, 6.45) is 0.958. The summed E-state index contributed by atoms with van der Waals surface area (Å²) in [5.74, 6) is -1.24. The smallest absolute Gasteiger partial charge is 0.322 e. The van der Waals surface area contributed by atoms with E-state index in [1.165, 1.54) is 0 Å². The van der Waals surface area contributed by atoms with Crippen molar-refractivity contribution < 1.29 is 18.3 Å². The number of rotatable bonds is 5. The van der Waals surface area contributed by atoms with Gasteiger partial charge in [0.05, 0.1) is 5.75 Å². The number of carboxylic acids is 1. The SMILES string of the molecule is Cc1ccc(CS(=O)(=O)N2CC[C@H](N(C)C)C[C@H]2C(=O)O)cc1. The van der Waals surface area contributed by atoms with Gasteiger partial charge >= 0.3 is 5.97 Å². The fourth-order valence-electron chi connectivity index (χ4n) is 2.93. The van der Waals surface area contributed by atoms with Gasteiger partial charge in [0.1, 0.15) is 6.04 Å². The second kappa shape index (κ2) is 6.98. The van der Waals surface area contributed by atoms with Crippen molar-refractivity contribution >= 4 is 16.0 Å². The number of aryl methyl sites for hydroxylation is 1. The minimum atomic E-state index is -3.66. The largest absolute Gasteiger partial charge is 0.480 e. The molecule has 0 aliphatic carbocycles. The highest BCUT2D eigenvalue weighted by atomic mass is 32.2. The molecule has 0 saturated carbocycles. The molecule has 1 saturated heterocycles. The Hall–Kier alpha value is -1.44. The molecule has 0 aromatic heterocycles. The summed E-state index contributed by atoms with van der Waals surface area (Å²) in [4.78, 5) is 13.5. The van der Waals surface area contributed by atoms with Gasteiger partial charge in [0.15, 0.2) is 0 Å². The minimum absolute atomic E-state index is 0.0851. The highest BCUT2D eigenvalue weighted by Gasteiger charge is 2.40. The van der Waals surface area contributed by atoms with Crippen LogP contribution >= 0.6 is 0 Å². The molecule has 2 atom stereocenters. The summed E-state index contributed by atoms with van der Waals surface area (Å²) in [6.45, 7) is 2.18. The molecule has 1 fully saturated rings. The summed E-state index contributed by atoms with van der Waals surface area (Å²) in [7, 11) is 0.119. The maximum absolute atomic E-state index is 12.7. The lowest BCUT2D eigenvalue weighted by Gasteiger charge is -2.38. The van der Waals surface area contributed by atoms with Crippen molar-refractivity contribution in [3.63, 3.8) is 0 Å². The van der Waals surface area contributed by atoms with Crippen molar-refractivity contribution in [1.29, 1.82) is 0 Å². The van der Waals surface area contributed by atoms with Crippen molar-refractivity contribution in [1.82, 2.24) is 9.21 Å². The fourth-order valence-corrected chi connectivity index (χ4v) is 4.66. The summed E-state index contributed by atoms with van der Waals surface area (Å²) in [5.41, 5.74) is 1.73. The molecule has 2 rings (SSSR count). The molecule has 1 heterocycles. The number of aliphatic carboxylic acids is 1. The van der Waals surface area contributed by atoms with Gasteiger partial charge in [0.2, 0.25) is 10.0 Å². The zero-order valence-electron chi connectivity index (χ0n) is 13.8. The lowest BCUT2D eigenvalue weighted by atomic mass is 9.99. The Bertz CT molecular complexity index is 655. The Balaban J connectivity index is 2.20. The normalized spacial score (nSPS) is 23.1. The van der Waals surface area contributed by atoms with Gasteiger partial charge in [-0.25, -0.2) is 8.42 Å². The van der Waals surface area contributed by atoms with Crippen LogP contribution in [-0.2, 0) is 20.6 Å². The Kier molecular flexibility index (Phi) is 5.44. The first kappa shape index (κ1) is 17.9. The van der Waals surface area contributed by atoms with Gasteiger partial charge in [-0.3, -0.25) is 4.79 Å². The molecule has 0 amide bonds. The second-order valence-electron chi connectivity index (χ2n) is 6.35. The molecular weight excluding hydrogens is 316 g/mol. The molecule has 6 nitrogen and oxygen atoms in total. The average molecular weight is 340 g/mol.